The summed E-state index contributed by atoms with van der Waals surface area (Å²) < 4.78 is 0. The van der Waals surface area contributed by atoms with E-state index in [-0.39, 0.29) is 6.04 Å². The summed E-state index contributed by atoms with van der Waals surface area (Å²) in [5.41, 5.74) is 0.469. The van der Waals surface area contributed by atoms with Crippen LogP contribution in [-0.2, 0) is 4.79 Å². The Kier molecular flexibility index (Phi) is 4.54. The third-order valence-corrected chi connectivity index (χ3v) is 5.24. The van der Waals surface area contributed by atoms with Crippen molar-refractivity contribution < 1.29 is 4.79 Å². The molecule has 0 spiro atoms. The van der Waals surface area contributed by atoms with Crippen molar-refractivity contribution in [3.05, 3.63) is 0 Å². The molecule has 1 saturated heterocycles. The lowest BCUT2D eigenvalue weighted by Gasteiger charge is -2.41. The van der Waals surface area contributed by atoms with E-state index in [1.165, 1.54) is 25.7 Å². The average Bonchev–Trinajstić information content (AvgIpc) is 2.38. The smallest absolute Gasteiger partial charge is 0.239 e. The van der Waals surface area contributed by atoms with Crippen LogP contribution in [-0.4, -0.2) is 36.5 Å². The Morgan fingerprint density at radius 1 is 1.21 bits per heavy atom. The predicted octanol–water partition coefficient (Wildman–Crippen LogP) is 2.80. The minimum Gasteiger partial charge on any atom is -0.341 e. The SMILES string of the molecule is CC1CCCNC1C(=O)N(C)C1CCC(C)(C)CC1. The Morgan fingerprint density at radius 3 is 2.42 bits per heavy atom. The number of nitrogens with zero attached hydrogens (tertiary/aromatic N) is 1. The van der Waals surface area contributed by atoms with E-state index < -0.39 is 0 Å². The lowest BCUT2D eigenvalue weighted by Crippen LogP contribution is -2.54. The zero-order chi connectivity index (χ0) is 14.0. The van der Waals surface area contributed by atoms with Crippen molar-refractivity contribution in [3.63, 3.8) is 0 Å². The molecule has 2 atom stereocenters. The van der Waals surface area contributed by atoms with E-state index in [2.05, 4.69) is 26.1 Å². The lowest BCUT2D eigenvalue weighted by atomic mass is 9.75. The van der Waals surface area contributed by atoms with Crippen molar-refractivity contribution >= 4 is 5.91 Å². The maximum atomic E-state index is 12.6. The van der Waals surface area contributed by atoms with Crippen molar-refractivity contribution in [2.45, 2.75) is 71.4 Å². The fourth-order valence-electron chi connectivity index (χ4n) is 3.55. The molecule has 2 rings (SSSR count). The number of hydrogen-bond acceptors (Lipinski definition) is 2. The first kappa shape index (κ1) is 14.8. The molecule has 0 aromatic rings. The van der Waals surface area contributed by atoms with E-state index in [1.807, 2.05) is 11.9 Å². The highest BCUT2D eigenvalue weighted by molar-refractivity contribution is 5.82. The molecule has 0 aromatic heterocycles. The molecule has 1 saturated carbocycles. The predicted molar refractivity (Wildman–Crippen MR) is 79.0 cm³/mol. The molecular weight excluding hydrogens is 236 g/mol. The highest BCUT2D eigenvalue weighted by Gasteiger charge is 2.35. The molecular formula is C16H30N2O. The van der Waals surface area contributed by atoms with Gasteiger partial charge in [0.1, 0.15) is 0 Å². The first-order chi connectivity index (χ1) is 8.91. The Hall–Kier alpha value is -0.570. The molecule has 1 aliphatic heterocycles. The highest BCUT2D eigenvalue weighted by Crippen LogP contribution is 2.36. The summed E-state index contributed by atoms with van der Waals surface area (Å²) in [7, 11) is 2.01. The molecule has 2 aliphatic rings. The van der Waals surface area contributed by atoms with Gasteiger partial charge in [0.25, 0.3) is 0 Å². The van der Waals surface area contributed by atoms with Crippen LogP contribution < -0.4 is 5.32 Å². The van der Waals surface area contributed by atoms with Crippen molar-refractivity contribution in [2.24, 2.45) is 11.3 Å². The number of carbonyl (C=O) groups excluding carboxylic acids is 1. The summed E-state index contributed by atoms with van der Waals surface area (Å²) in [4.78, 5) is 14.7. The van der Waals surface area contributed by atoms with E-state index in [9.17, 15) is 4.79 Å². The fraction of sp³-hybridized carbons (Fsp3) is 0.938. The molecule has 3 nitrogen and oxygen atoms in total. The number of nitrogens with one attached hydrogen (secondary N) is 1. The molecule has 0 radical (unpaired) electrons. The van der Waals surface area contributed by atoms with Gasteiger partial charge in [-0.25, -0.2) is 0 Å². The molecule has 1 N–H and O–H groups in total. The van der Waals surface area contributed by atoms with Crippen LogP contribution in [0.5, 0.6) is 0 Å². The zero-order valence-corrected chi connectivity index (χ0v) is 13.0. The molecule has 2 fully saturated rings. The maximum Gasteiger partial charge on any atom is 0.239 e. The third-order valence-electron chi connectivity index (χ3n) is 5.24. The lowest BCUT2D eigenvalue weighted by molar-refractivity contribution is -0.137. The van der Waals surface area contributed by atoms with Crippen LogP contribution in [0.15, 0.2) is 0 Å². The Morgan fingerprint density at radius 2 is 1.84 bits per heavy atom. The minimum absolute atomic E-state index is 0.0497. The molecule has 19 heavy (non-hydrogen) atoms. The van der Waals surface area contributed by atoms with Crippen molar-refractivity contribution in [3.8, 4) is 0 Å². The van der Waals surface area contributed by atoms with E-state index in [1.54, 1.807) is 0 Å². The summed E-state index contributed by atoms with van der Waals surface area (Å²) in [5.74, 6) is 0.792. The first-order valence-electron chi connectivity index (χ1n) is 7.91. The summed E-state index contributed by atoms with van der Waals surface area (Å²) in [5, 5.41) is 3.41. The van der Waals surface area contributed by atoms with Crippen LogP contribution in [0.25, 0.3) is 0 Å². The summed E-state index contributed by atoms with van der Waals surface area (Å²) >= 11 is 0. The Labute approximate surface area is 118 Å². The average molecular weight is 266 g/mol. The molecule has 3 heteroatoms. The number of amides is 1. The third kappa shape index (κ3) is 3.50. The van der Waals surface area contributed by atoms with Crippen LogP contribution in [0.4, 0.5) is 0 Å². The monoisotopic (exact) mass is 266 g/mol. The van der Waals surface area contributed by atoms with Gasteiger partial charge in [-0.05, 0) is 56.4 Å². The van der Waals surface area contributed by atoms with Gasteiger partial charge in [-0.1, -0.05) is 20.8 Å². The van der Waals surface area contributed by atoms with Gasteiger partial charge in [-0.15, -0.1) is 0 Å². The van der Waals surface area contributed by atoms with Gasteiger partial charge in [0.15, 0.2) is 0 Å². The summed E-state index contributed by atoms with van der Waals surface area (Å²) in [6, 6.07) is 0.505. The van der Waals surface area contributed by atoms with Gasteiger partial charge in [0, 0.05) is 13.1 Å². The van der Waals surface area contributed by atoms with Crippen LogP contribution in [0.2, 0.25) is 0 Å². The normalized spacial score (nSPS) is 32.0. The van der Waals surface area contributed by atoms with Crippen LogP contribution >= 0.6 is 0 Å². The number of carbonyl (C=O) groups is 1. The minimum atomic E-state index is 0.0497. The van der Waals surface area contributed by atoms with Crippen molar-refractivity contribution in [1.29, 1.82) is 0 Å². The molecule has 1 aliphatic carbocycles. The van der Waals surface area contributed by atoms with E-state index >= 15 is 0 Å². The number of likely N-dealkylation sites (N-methyl/N-ethyl adjacent to an activating group) is 1. The van der Waals surface area contributed by atoms with Crippen molar-refractivity contribution in [2.75, 3.05) is 13.6 Å². The van der Waals surface area contributed by atoms with Crippen LogP contribution in [0.1, 0.15) is 59.3 Å². The highest BCUT2D eigenvalue weighted by atomic mass is 16.2. The number of piperidine rings is 1. The molecule has 0 bridgehead atoms. The van der Waals surface area contributed by atoms with Gasteiger partial charge in [-0.2, -0.15) is 0 Å². The van der Waals surface area contributed by atoms with Crippen LogP contribution in [0, 0.1) is 11.3 Å². The molecule has 1 amide bonds. The van der Waals surface area contributed by atoms with Crippen LogP contribution in [0.3, 0.4) is 0 Å². The topological polar surface area (TPSA) is 32.3 Å². The standard InChI is InChI=1S/C16H30N2O/c1-12-6-5-11-17-14(12)15(19)18(4)13-7-9-16(2,3)10-8-13/h12-14,17H,5-11H2,1-4H3. The second-order valence-electron chi connectivity index (χ2n) is 7.40. The number of hydrogen-bond donors (Lipinski definition) is 1. The Bertz CT molecular complexity index is 317. The fourth-order valence-corrected chi connectivity index (χ4v) is 3.55. The summed E-state index contributed by atoms with van der Waals surface area (Å²) in [6.07, 6.45) is 7.18. The van der Waals surface area contributed by atoms with Gasteiger partial charge >= 0.3 is 0 Å². The largest absolute Gasteiger partial charge is 0.341 e. The molecule has 0 aromatic carbocycles. The second-order valence-corrected chi connectivity index (χ2v) is 7.40. The van der Waals surface area contributed by atoms with E-state index in [0.717, 1.165) is 19.4 Å². The van der Waals surface area contributed by atoms with Gasteiger partial charge in [0.2, 0.25) is 5.91 Å². The van der Waals surface area contributed by atoms with Gasteiger partial charge in [0.05, 0.1) is 6.04 Å². The van der Waals surface area contributed by atoms with E-state index in [0.29, 0.717) is 23.3 Å². The van der Waals surface area contributed by atoms with Crippen molar-refractivity contribution in [1.82, 2.24) is 10.2 Å². The van der Waals surface area contributed by atoms with E-state index in [4.69, 9.17) is 0 Å². The summed E-state index contributed by atoms with van der Waals surface area (Å²) in [6.45, 7) is 7.88. The molecule has 110 valence electrons. The van der Waals surface area contributed by atoms with Gasteiger partial charge < -0.3 is 10.2 Å². The molecule has 2 unspecified atom stereocenters. The second kappa shape index (κ2) is 5.82. The maximum absolute atomic E-state index is 12.6. The van der Waals surface area contributed by atoms with Gasteiger partial charge in [-0.3, -0.25) is 4.79 Å². The first-order valence-corrected chi connectivity index (χ1v) is 7.91. The number of rotatable bonds is 2. The zero-order valence-electron chi connectivity index (χ0n) is 13.0. The molecule has 1 heterocycles. The quantitative estimate of drug-likeness (QED) is 0.833. The Balaban J connectivity index is 1.92.